The summed E-state index contributed by atoms with van der Waals surface area (Å²) in [5.74, 6) is 1.04. The summed E-state index contributed by atoms with van der Waals surface area (Å²) >= 11 is 0. The Morgan fingerprint density at radius 1 is 1.09 bits per heavy atom. The van der Waals surface area contributed by atoms with Crippen molar-refractivity contribution in [3.63, 3.8) is 0 Å². The zero-order valence-corrected chi connectivity index (χ0v) is 21.4. The Morgan fingerprint density at radius 3 is 2.63 bits per heavy atom. The molecule has 0 saturated carbocycles. The van der Waals surface area contributed by atoms with Crippen LogP contribution in [0.4, 0.5) is 0 Å². The number of carbonyl (C=O) groups excluding carboxylic acids is 1. The van der Waals surface area contributed by atoms with E-state index in [9.17, 15) is 4.79 Å². The average Bonchev–Trinajstić information content (AvgIpc) is 2.85. The van der Waals surface area contributed by atoms with Crippen molar-refractivity contribution in [2.24, 2.45) is 5.92 Å². The molecule has 182 valence electrons. The van der Waals surface area contributed by atoms with Crippen LogP contribution in [0.3, 0.4) is 0 Å². The molecule has 0 aromatic heterocycles. The fourth-order valence-electron chi connectivity index (χ4n) is 5.18. The summed E-state index contributed by atoms with van der Waals surface area (Å²) in [4.78, 5) is 15.0. The van der Waals surface area contributed by atoms with E-state index >= 15 is 0 Å². The van der Waals surface area contributed by atoms with Crippen LogP contribution in [0.2, 0.25) is 0 Å². The van der Waals surface area contributed by atoms with Crippen LogP contribution in [0.15, 0.2) is 71.8 Å². The first-order chi connectivity index (χ1) is 16.9. The van der Waals surface area contributed by atoms with E-state index in [1.165, 1.54) is 22.3 Å². The highest BCUT2D eigenvalue weighted by Crippen LogP contribution is 2.41. The monoisotopic (exact) mass is 469 g/mol. The molecule has 0 aliphatic heterocycles. The van der Waals surface area contributed by atoms with Crippen molar-refractivity contribution in [1.82, 2.24) is 4.90 Å². The van der Waals surface area contributed by atoms with Gasteiger partial charge in [0.15, 0.2) is 0 Å². The Bertz CT molecular complexity index is 1290. The van der Waals surface area contributed by atoms with Crippen molar-refractivity contribution in [3.05, 3.63) is 88.5 Å². The first-order valence-corrected chi connectivity index (χ1v) is 12.3. The highest BCUT2D eigenvalue weighted by Gasteiger charge is 2.26. The summed E-state index contributed by atoms with van der Waals surface area (Å²) < 4.78 is 10.9. The third-order valence-electron chi connectivity index (χ3n) is 6.74. The van der Waals surface area contributed by atoms with Crippen LogP contribution < -0.4 is 4.74 Å². The van der Waals surface area contributed by atoms with Crippen molar-refractivity contribution in [1.29, 1.82) is 0 Å². The molecule has 0 fully saturated rings. The van der Waals surface area contributed by atoms with Gasteiger partial charge in [-0.25, -0.2) is 4.79 Å². The molecule has 1 unspecified atom stereocenters. The molecule has 0 heterocycles. The number of benzene rings is 3. The summed E-state index contributed by atoms with van der Waals surface area (Å²) in [6.07, 6.45) is 4.32. The van der Waals surface area contributed by atoms with Gasteiger partial charge in [0.1, 0.15) is 5.75 Å². The van der Waals surface area contributed by atoms with Gasteiger partial charge in [-0.2, -0.15) is 0 Å². The van der Waals surface area contributed by atoms with Crippen LogP contribution in [-0.2, 0) is 4.74 Å². The third-order valence-corrected chi connectivity index (χ3v) is 6.74. The van der Waals surface area contributed by atoms with E-state index in [-0.39, 0.29) is 5.97 Å². The van der Waals surface area contributed by atoms with Gasteiger partial charge in [0.25, 0.3) is 0 Å². The summed E-state index contributed by atoms with van der Waals surface area (Å²) in [6.45, 7) is 5.43. The number of carbonyl (C=O) groups is 1. The number of methoxy groups -OCH3 is 1. The normalized spacial score (nSPS) is 17.3. The molecule has 1 aliphatic carbocycles. The van der Waals surface area contributed by atoms with Gasteiger partial charge in [-0.3, -0.25) is 0 Å². The first kappa shape index (κ1) is 24.7. The molecule has 4 nitrogen and oxygen atoms in total. The van der Waals surface area contributed by atoms with Gasteiger partial charge in [0, 0.05) is 6.54 Å². The molecule has 0 bridgehead atoms. The van der Waals surface area contributed by atoms with Crippen LogP contribution in [0.1, 0.15) is 48.2 Å². The predicted octanol–water partition coefficient (Wildman–Crippen LogP) is 6.85. The van der Waals surface area contributed by atoms with E-state index in [1.807, 2.05) is 37.3 Å². The standard InChI is InChI=1S/C31H35NO3/c1-6-35-31(33)29-18-22(17-24-10-7-8-13-28(24)29)16-23-14-15-26(20-32(3)4)30(21(23)2)25-11-9-12-27(19-25)34-5/h7-13,16-19,26H,6,14-15,20H2,1-5H3. The minimum atomic E-state index is -0.275. The fraction of sp³-hybridized carbons (Fsp3) is 0.323. The summed E-state index contributed by atoms with van der Waals surface area (Å²) in [5.41, 5.74) is 6.85. The van der Waals surface area contributed by atoms with Crippen molar-refractivity contribution in [2.45, 2.75) is 26.7 Å². The van der Waals surface area contributed by atoms with Gasteiger partial charge in [-0.05, 0) is 110 Å². The molecule has 1 aliphatic rings. The Balaban J connectivity index is 1.84. The summed E-state index contributed by atoms with van der Waals surface area (Å²) in [7, 11) is 5.98. The number of hydrogen-bond donors (Lipinski definition) is 0. The summed E-state index contributed by atoms with van der Waals surface area (Å²) in [6, 6.07) is 20.5. The molecular formula is C31H35NO3. The van der Waals surface area contributed by atoms with E-state index in [2.05, 4.69) is 62.3 Å². The molecule has 0 radical (unpaired) electrons. The Kier molecular flexibility index (Phi) is 7.72. The first-order valence-electron chi connectivity index (χ1n) is 12.3. The fourth-order valence-corrected chi connectivity index (χ4v) is 5.18. The second-order valence-electron chi connectivity index (χ2n) is 9.45. The van der Waals surface area contributed by atoms with Crippen LogP contribution in [0.25, 0.3) is 22.4 Å². The van der Waals surface area contributed by atoms with Gasteiger partial charge >= 0.3 is 5.97 Å². The van der Waals surface area contributed by atoms with Crippen molar-refractivity contribution in [2.75, 3.05) is 34.4 Å². The number of nitrogens with zero attached hydrogens (tertiary/aromatic N) is 1. The van der Waals surface area contributed by atoms with Crippen LogP contribution >= 0.6 is 0 Å². The highest BCUT2D eigenvalue weighted by atomic mass is 16.5. The average molecular weight is 470 g/mol. The number of allylic oxidation sites excluding steroid dienone is 2. The minimum Gasteiger partial charge on any atom is -0.497 e. The molecule has 0 amide bonds. The lowest BCUT2D eigenvalue weighted by Crippen LogP contribution is -2.25. The number of rotatable bonds is 7. The Hall–Kier alpha value is -3.37. The smallest absolute Gasteiger partial charge is 0.338 e. The van der Waals surface area contributed by atoms with Gasteiger partial charge in [0.2, 0.25) is 0 Å². The van der Waals surface area contributed by atoms with E-state index in [4.69, 9.17) is 9.47 Å². The molecular weight excluding hydrogens is 434 g/mol. The second-order valence-corrected chi connectivity index (χ2v) is 9.45. The maximum atomic E-state index is 12.7. The lowest BCUT2D eigenvalue weighted by atomic mass is 9.76. The molecule has 3 aromatic carbocycles. The third kappa shape index (κ3) is 5.49. The molecule has 3 aromatic rings. The number of esters is 1. The molecule has 0 spiro atoms. The number of fused-ring (bicyclic) bond motifs is 1. The predicted molar refractivity (Wildman–Crippen MR) is 145 cm³/mol. The van der Waals surface area contributed by atoms with Gasteiger partial charge in [-0.1, -0.05) is 42.5 Å². The SMILES string of the molecule is CCOC(=O)c1cc(C=C2CCC(CN(C)C)C(c3cccc(OC)c3)=C2C)cc2ccccc12. The van der Waals surface area contributed by atoms with E-state index in [1.54, 1.807) is 7.11 Å². The van der Waals surface area contributed by atoms with E-state index in [0.29, 0.717) is 18.1 Å². The highest BCUT2D eigenvalue weighted by molar-refractivity contribution is 6.05. The lowest BCUT2D eigenvalue weighted by molar-refractivity contribution is 0.0528. The maximum absolute atomic E-state index is 12.7. The molecule has 35 heavy (non-hydrogen) atoms. The zero-order chi connectivity index (χ0) is 24.9. The van der Waals surface area contributed by atoms with E-state index < -0.39 is 0 Å². The zero-order valence-electron chi connectivity index (χ0n) is 21.4. The largest absolute Gasteiger partial charge is 0.497 e. The van der Waals surface area contributed by atoms with Gasteiger partial charge in [-0.15, -0.1) is 0 Å². The molecule has 4 rings (SSSR count). The van der Waals surface area contributed by atoms with Gasteiger partial charge in [0.05, 0.1) is 19.3 Å². The van der Waals surface area contributed by atoms with Gasteiger partial charge < -0.3 is 14.4 Å². The minimum absolute atomic E-state index is 0.275. The quantitative estimate of drug-likeness (QED) is 0.355. The van der Waals surface area contributed by atoms with Crippen molar-refractivity contribution in [3.8, 4) is 5.75 Å². The Morgan fingerprint density at radius 2 is 1.89 bits per heavy atom. The van der Waals surface area contributed by atoms with Crippen molar-refractivity contribution < 1.29 is 14.3 Å². The summed E-state index contributed by atoms with van der Waals surface area (Å²) in [5, 5.41) is 1.97. The molecule has 0 N–H and O–H groups in total. The Labute approximate surface area is 208 Å². The number of hydrogen-bond acceptors (Lipinski definition) is 4. The van der Waals surface area contributed by atoms with Crippen molar-refractivity contribution >= 4 is 28.4 Å². The molecule has 0 saturated heterocycles. The van der Waals surface area contributed by atoms with Crippen LogP contribution in [0.5, 0.6) is 5.75 Å². The topological polar surface area (TPSA) is 38.8 Å². The van der Waals surface area contributed by atoms with E-state index in [0.717, 1.165) is 41.5 Å². The second kappa shape index (κ2) is 10.9. The number of ether oxygens (including phenoxy) is 2. The van der Waals surface area contributed by atoms with Crippen LogP contribution in [0, 0.1) is 5.92 Å². The maximum Gasteiger partial charge on any atom is 0.338 e. The van der Waals surface area contributed by atoms with Crippen LogP contribution in [-0.4, -0.2) is 45.2 Å². The lowest BCUT2D eigenvalue weighted by Gasteiger charge is -2.32. The molecule has 1 atom stereocenters. The molecule has 4 heteroatoms.